The smallest absolute Gasteiger partial charge is 0.411 e. The number of carboxylic acid groups (broad SMARTS) is 1. The predicted octanol–water partition coefficient (Wildman–Crippen LogP) is 6.08. The van der Waals surface area contributed by atoms with Crippen LogP contribution in [0.4, 0.5) is 10.5 Å². The molecule has 0 aliphatic rings. The van der Waals surface area contributed by atoms with E-state index in [1.54, 1.807) is 19.2 Å². The first-order valence-electron chi connectivity index (χ1n) is 9.36. The van der Waals surface area contributed by atoms with E-state index in [-0.39, 0.29) is 5.56 Å². The Morgan fingerprint density at radius 3 is 2.63 bits per heavy atom. The molecule has 2 aromatic heterocycles. The molecule has 6 nitrogen and oxygen atoms in total. The average molecular weight is 487 g/mol. The molecule has 4 rings (SSSR count). The van der Waals surface area contributed by atoms with Gasteiger partial charge in [-0.25, -0.2) is 4.79 Å². The van der Waals surface area contributed by atoms with Gasteiger partial charge in [0.1, 0.15) is 10.4 Å². The van der Waals surface area contributed by atoms with Gasteiger partial charge < -0.3 is 14.8 Å². The molecule has 0 saturated carbocycles. The van der Waals surface area contributed by atoms with E-state index in [2.05, 4.69) is 20.9 Å². The topological polar surface area (TPSA) is 82.6 Å². The van der Waals surface area contributed by atoms with Crippen molar-refractivity contribution in [3.63, 3.8) is 0 Å². The van der Waals surface area contributed by atoms with Crippen LogP contribution >= 0.6 is 27.3 Å². The molecular weight excluding hydrogens is 468 g/mol. The Morgan fingerprint density at radius 2 is 2.00 bits per heavy atom. The van der Waals surface area contributed by atoms with Gasteiger partial charge in [0.25, 0.3) is 5.56 Å². The summed E-state index contributed by atoms with van der Waals surface area (Å²) in [4.78, 5) is 28.4. The van der Waals surface area contributed by atoms with E-state index >= 15 is 0 Å². The van der Waals surface area contributed by atoms with Crippen molar-refractivity contribution in [2.24, 2.45) is 0 Å². The Balaban J connectivity index is 1.98. The summed E-state index contributed by atoms with van der Waals surface area (Å²) in [6.07, 6.45) is -0.253. The number of nitrogens with zero attached hydrogens (tertiary/aromatic N) is 1. The van der Waals surface area contributed by atoms with Crippen molar-refractivity contribution in [2.45, 2.75) is 13.3 Å². The van der Waals surface area contributed by atoms with Crippen LogP contribution in [0.25, 0.3) is 32.1 Å². The molecule has 154 valence electrons. The lowest BCUT2D eigenvalue weighted by Crippen LogP contribution is -2.29. The number of amides is 1. The quantitative estimate of drug-likeness (QED) is 0.358. The van der Waals surface area contributed by atoms with Gasteiger partial charge in [-0.3, -0.25) is 9.69 Å². The van der Waals surface area contributed by atoms with Gasteiger partial charge in [0.2, 0.25) is 0 Å². The number of aromatic nitrogens is 1. The molecule has 0 fully saturated rings. The molecule has 8 heteroatoms. The molecule has 30 heavy (non-hydrogen) atoms. The highest BCUT2D eigenvalue weighted by atomic mass is 79.9. The molecule has 0 saturated heterocycles. The molecule has 0 radical (unpaired) electrons. The number of methoxy groups -OCH3 is 1. The Morgan fingerprint density at radius 1 is 1.27 bits per heavy atom. The number of anilines is 1. The fourth-order valence-corrected chi connectivity index (χ4v) is 4.99. The summed E-state index contributed by atoms with van der Waals surface area (Å²) in [5.74, 6) is 0.658. The number of pyridine rings is 1. The van der Waals surface area contributed by atoms with Crippen molar-refractivity contribution in [3.05, 3.63) is 56.6 Å². The molecule has 0 bridgehead atoms. The zero-order chi connectivity index (χ0) is 21.4. The van der Waals surface area contributed by atoms with E-state index in [1.807, 2.05) is 36.6 Å². The molecular formula is C22H19BrN2O4S. The fourth-order valence-electron chi connectivity index (χ4n) is 3.69. The van der Waals surface area contributed by atoms with Crippen LogP contribution in [0, 0.1) is 0 Å². The average Bonchev–Trinajstić information content (AvgIpc) is 3.23. The number of halogens is 1. The van der Waals surface area contributed by atoms with Crippen LogP contribution in [0.2, 0.25) is 0 Å². The molecule has 0 aliphatic heterocycles. The van der Waals surface area contributed by atoms with Crippen LogP contribution in [-0.4, -0.2) is 29.8 Å². The lowest BCUT2D eigenvalue weighted by molar-refractivity contribution is 0.202. The summed E-state index contributed by atoms with van der Waals surface area (Å²) in [5, 5.41) is 13.1. The Labute approximate surface area is 184 Å². The van der Waals surface area contributed by atoms with Crippen molar-refractivity contribution in [2.75, 3.05) is 18.6 Å². The second kappa shape index (κ2) is 8.12. The highest BCUT2D eigenvalue weighted by Crippen LogP contribution is 2.43. The Kier molecular flexibility index (Phi) is 5.53. The monoisotopic (exact) mass is 486 g/mol. The van der Waals surface area contributed by atoms with Gasteiger partial charge in [0, 0.05) is 33.0 Å². The third-order valence-electron chi connectivity index (χ3n) is 4.99. The van der Waals surface area contributed by atoms with Crippen LogP contribution in [-0.2, 0) is 0 Å². The van der Waals surface area contributed by atoms with Gasteiger partial charge in [-0.15, -0.1) is 11.3 Å². The minimum atomic E-state index is -0.978. The van der Waals surface area contributed by atoms with E-state index in [1.165, 1.54) is 16.2 Å². The summed E-state index contributed by atoms with van der Waals surface area (Å²) in [5.41, 5.74) is 2.90. The number of thiophene rings is 1. The van der Waals surface area contributed by atoms with Crippen LogP contribution in [0.5, 0.6) is 5.75 Å². The third kappa shape index (κ3) is 3.36. The van der Waals surface area contributed by atoms with Gasteiger partial charge >= 0.3 is 6.09 Å². The van der Waals surface area contributed by atoms with Gasteiger partial charge in [0.05, 0.1) is 12.6 Å². The van der Waals surface area contributed by atoms with Gasteiger partial charge in [0.15, 0.2) is 0 Å². The number of hydrogen-bond acceptors (Lipinski definition) is 4. The summed E-state index contributed by atoms with van der Waals surface area (Å²) >= 11 is 4.94. The second-order valence-electron chi connectivity index (χ2n) is 6.78. The molecule has 1 amide bonds. The lowest BCUT2D eigenvalue weighted by Gasteiger charge is -2.19. The number of nitrogens with one attached hydrogen (secondary N) is 1. The maximum atomic E-state index is 12.5. The van der Waals surface area contributed by atoms with Crippen molar-refractivity contribution >= 4 is 60.0 Å². The number of carbonyl (C=O) groups is 1. The summed E-state index contributed by atoms with van der Waals surface area (Å²) in [7, 11) is 1.61. The van der Waals surface area contributed by atoms with E-state index in [4.69, 9.17) is 4.74 Å². The first kappa shape index (κ1) is 20.4. The first-order valence-corrected chi connectivity index (χ1v) is 11.0. The maximum absolute atomic E-state index is 12.5. The number of hydrogen-bond donors (Lipinski definition) is 2. The number of rotatable bonds is 5. The molecule has 0 aliphatic carbocycles. The summed E-state index contributed by atoms with van der Waals surface area (Å²) < 4.78 is 7.07. The van der Waals surface area contributed by atoms with E-state index < -0.39 is 6.09 Å². The van der Waals surface area contributed by atoms with Crippen molar-refractivity contribution in [1.82, 2.24) is 4.98 Å². The normalized spacial score (nSPS) is 11.2. The maximum Gasteiger partial charge on any atom is 0.411 e. The lowest BCUT2D eigenvalue weighted by atomic mass is 9.97. The van der Waals surface area contributed by atoms with Gasteiger partial charge in [-0.1, -0.05) is 19.1 Å². The summed E-state index contributed by atoms with van der Waals surface area (Å²) in [6.45, 7) is 2.37. The minimum absolute atomic E-state index is 0.128. The van der Waals surface area contributed by atoms with Crippen LogP contribution in [0.1, 0.15) is 13.3 Å². The van der Waals surface area contributed by atoms with E-state index in [0.717, 1.165) is 32.8 Å². The highest BCUT2D eigenvalue weighted by Gasteiger charge is 2.20. The van der Waals surface area contributed by atoms with Crippen LogP contribution < -0.4 is 15.2 Å². The Bertz CT molecular complexity index is 1310. The van der Waals surface area contributed by atoms with Crippen molar-refractivity contribution < 1.29 is 14.6 Å². The fraction of sp³-hybridized carbons (Fsp3) is 0.182. The second-order valence-corrected chi connectivity index (χ2v) is 8.55. The Hall–Kier alpha value is -2.84. The predicted molar refractivity (Wildman–Crippen MR) is 125 cm³/mol. The van der Waals surface area contributed by atoms with E-state index in [9.17, 15) is 14.7 Å². The number of ether oxygens (including phenoxy) is 1. The number of aromatic amines is 1. The molecule has 2 N–H and O–H groups in total. The number of benzene rings is 2. The van der Waals surface area contributed by atoms with Gasteiger partial charge in [-0.2, -0.15) is 0 Å². The van der Waals surface area contributed by atoms with Crippen LogP contribution in [0.3, 0.4) is 0 Å². The molecule has 2 aromatic carbocycles. The highest BCUT2D eigenvalue weighted by molar-refractivity contribution is 9.10. The van der Waals surface area contributed by atoms with Crippen molar-refractivity contribution in [1.29, 1.82) is 0 Å². The molecule has 0 atom stereocenters. The van der Waals surface area contributed by atoms with Crippen molar-refractivity contribution in [3.8, 4) is 16.9 Å². The van der Waals surface area contributed by atoms with E-state index in [0.29, 0.717) is 28.2 Å². The standard InChI is InChI=1S/C22H19BrN2O4S/c1-3-9-25(22(27)28)13-6-4-12(5-7-13)17-16(29-2)11-15(23)19-18(17)14-8-10-30-20(14)21(26)24-19/h4-8,10-11H,3,9H2,1-2H3,(H,24,26)(H,27,28). The molecule has 0 spiro atoms. The zero-order valence-electron chi connectivity index (χ0n) is 16.4. The molecule has 4 aromatic rings. The van der Waals surface area contributed by atoms with Crippen LogP contribution in [0.15, 0.2) is 51.0 Å². The SMILES string of the molecule is CCCN(C(=O)O)c1ccc(-c2c(OC)cc(Br)c3[nH]c(=O)c4sccc4c23)cc1. The third-order valence-corrected chi connectivity index (χ3v) is 6.53. The molecule has 0 unspecified atom stereocenters. The largest absolute Gasteiger partial charge is 0.496 e. The zero-order valence-corrected chi connectivity index (χ0v) is 18.8. The minimum Gasteiger partial charge on any atom is -0.496 e. The number of H-pyrrole nitrogens is 1. The van der Waals surface area contributed by atoms with Gasteiger partial charge in [-0.05, 0) is 57.6 Å². The summed E-state index contributed by atoms with van der Waals surface area (Å²) in [6, 6.07) is 11.1. The first-order chi connectivity index (χ1) is 14.5. The number of fused-ring (bicyclic) bond motifs is 3. The molecule has 2 heterocycles.